The van der Waals surface area contributed by atoms with Gasteiger partial charge in [0.05, 0.1) is 18.2 Å². The number of hydrogen-bond acceptors (Lipinski definition) is 6. The van der Waals surface area contributed by atoms with Crippen LogP contribution >= 0.6 is 0 Å². The first kappa shape index (κ1) is 17.1. The molecule has 0 spiro atoms. The van der Waals surface area contributed by atoms with Crippen LogP contribution in [0.1, 0.15) is 46.2 Å². The number of ketones is 2. The summed E-state index contributed by atoms with van der Waals surface area (Å²) in [6.45, 7) is 1.61. The number of hydrogen-bond donors (Lipinski definition) is 0. The number of aromatic nitrogens is 3. The molecule has 0 aromatic carbocycles. The number of nitrogens with zero attached hydrogens (tertiary/aromatic N) is 3. The highest BCUT2D eigenvalue weighted by atomic mass is 16.3. The molecule has 3 aromatic heterocycles. The zero-order valence-corrected chi connectivity index (χ0v) is 14.7. The van der Waals surface area contributed by atoms with Crippen molar-refractivity contribution in [2.75, 3.05) is 0 Å². The van der Waals surface area contributed by atoms with Crippen LogP contribution in [-0.2, 0) is 19.5 Å². The molecule has 0 N–H and O–H groups in total. The minimum Gasteiger partial charge on any atom is -0.461 e. The van der Waals surface area contributed by atoms with E-state index in [2.05, 4.69) is 4.98 Å². The molecule has 3 aromatic rings. The highest BCUT2D eigenvalue weighted by molar-refractivity contribution is 6.02. The first-order valence-corrected chi connectivity index (χ1v) is 8.78. The molecule has 1 aliphatic carbocycles. The Bertz CT molecular complexity index is 1180. The Balaban J connectivity index is 1.99. The van der Waals surface area contributed by atoms with E-state index in [9.17, 15) is 19.2 Å². The maximum absolute atomic E-state index is 13.1. The number of Topliss-reactive ketones (excluding diaryl/α,β-unsaturated/α-hetero) is 2. The summed E-state index contributed by atoms with van der Waals surface area (Å²) in [7, 11) is 0. The van der Waals surface area contributed by atoms with Gasteiger partial charge in [-0.15, -0.1) is 0 Å². The van der Waals surface area contributed by atoms with E-state index in [1.807, 2.05) is 0 Å². The molecular formula is C19H17N3O5. The number of carbonyl (C=O) groups is 2. The van der Waals surface area contributed by atoms with Crippen LogP contribution in [0.5, 0.6) is 0 Å². The molecule has 138 valence electrons. The Morgan fingerprint density at radius 1 is 1.22 bits per heavy atom. The standard InChI is InChI=1S/C19H17N3O5/c1-2-21-17-16(11-5-3-6-13(23)12(11)9-20-17)18(25)22(19(21)26)10-14(24)15-7-4-8-27-15/h4,7-9H,2-3,5-6,10H2,1H3. The Morgan fingerprint density at radius 3 is 2.74 bits per heavy atom. The molecule has 0 aliphatic heterocycles. The molecule has 0 amide bonds. The fourth-order valence-electron chi connectivity index (χ4n) is 3.57. The van der Waals surface area contributed by atoms with Crippen LogP contribution in [0.4, 0.5) is 0 Å². The van der Waals surface area contributed by atoms with Gasteiger partial charge in [0.2, 0.25) is 5.78 Å². The second-order valence-corrected chi connectivity index (χ2v) is 6.44. The molecule has 0 unspecified atom stereocenters. The first-order chi connectivity index (χ1) is 13.0. The highest BCUT2D eigenvalue weighted by Crippen LogP contribution is 2.25. The van der Waals surface area contributed by atoms with Crippen molar-refractivity contribution in [1.82, 2.24) is 14.1 Å². The summed E-state index contributed by atoms with van der Waals surface area (Å²) in [6.07, 6.45) is 4.41. The van der Waals surface area contributed by atoms with Gasteiger partial charge in [-0.25, -0.2) is 9.78 Å². The monoisotopic (exact) mass is 367 g/mol. The summed E-state index contributed by atoms with van der Waals surface area (Å²) in [4.78, 5) is 54.7. The molecule has 8 nitrogen and oxygen atoms in total. The minimum absolute atomic E-state index is 0.0579. The Hall–Kier alpha value is -3.29. The average Bonchev–Trinajstić information content (AvgIpc) is 3.20. The lowest BCUT2D eigenvalue weighted by Crippen LogP contribution is -2.42. The Morgan fingerprint density at radius 2 is 2.04 bits per heavy atom. The number of furan rings is 1. The van der Waals surface area contributed by atoms with Gasteiger partial charge in [0.25, 0.3) is 5.56 Å². The van der Waals surface area contributed by atoms with Crippen molar-refractivity contribution in [1.29, 1.82) is 0 Å². The van der Waals surface area contributed by atoms with Gasteiger partial charge in [-0.1, -0.05) is 0 Å². The lowest BCUT2D eigenvalue weighted by atomic mass is 9.90. The van der Waals surface area contributed by atoms with E-state index < -0.39 is 23.6 Å². The topological polar surface area (TPSA) is 104 Å². The van der Waals surface area contributed by atoms with Gasteiger partial charge in [-0.3, -0.25) is 23.5 Å². The van der Waals surface area contributed by atoms with Crippen molar-refractivity contribution in [3.05, 3.63) is 62.3 Å². The van der Waals surface area contributed by atoms with Gasteiger partial charge in [-0.2, -0.15) is 0 Å². The third-order valence-electron chi connectivity index (χ3n) is 4.89. The summed E-state index contributed by atoms with van der Waals surface area (Å²) in [5, 5.41) is 0.245. The van der Waals surface area contributed by atoms with Crippen molar-refractivity contribution in [2.45, 2.75) is 39.3 Å². The summed E-state index contributed by atoms with van der Waals surface area (Å²) in [6, 6.07) is 3.04. The minimum atomic E-state index is -0.607. The van der Waals surface area contributed by atoms with Gasteiger partial charge >= 0.3 is 5.69 Å². The van der Waals surface area contributed by atoms with Gasteiger partial charge in [-0.05, 0) is 37.5 Å². The fourth-order valence-corrected chi connectivity index (χ4v) is 3.57. The summed E-state index contributed by atoms with van der Waals surface area (Å²) >= 11 is 0. The Kier molecular flexibility index (Phi) is 4.10. The molecule has 4 rings (SSSR count). The predicted molar refractivity (Wildman–Crippen MR) is 96.2 cm³/mol. The molecule has 0 saturated carbocycles. The SMILES string of the molecule is CCn1c(=O)n(CC(=O)c2ccco2)c(=O)c2c3c(cnc21)C(=O)CCC3. The fraction of sp³-hybridized carbons (Fsp3) is 0.316. The molecule has 0 radical (unpaired) electrons. The molecular weight excluding hydrogens is 350 g/mol. The van der Waals surface area contributed by atoms with Crippen LogP contribution in [-0.4, -0.2) is 25.7 Å². The van der Waals surface area contributed by atoms with Crippen molar-refractivity contribution >= 4 is 22.6 Å². The van der Waals surface area contributed by atoms with E-state index in [1.165, 1.54) is 23.1 Å². The molecule has 8 heteroatoms. The average molecular weight is 367 g/mol. The third kappa shape index (κ3) is 2.64. The van der Waals surface area contributed by atoms with E-state index in [1.54, 1.807) is 13.0 Å². The molecule has 3 heterocycles. The van der Waals surface area contributed by atoms with Gasteiger partial charge in [0.1, 0.15) is 5.65 Å². The van der Waals surface area contributed by atoms with E-state index in [0.717, 1.165) is 4.57 Å². The number of rotatable bonds is 4. The van der Waals surface area contributed by atoms with Crippen molar-refractivity contribution in [3.63, 3.8) is 0 Å². The summed E-state index contributed by atoms with van der Waals surface area (Å²) in [5.41, 5.74) is 0.0875. The Labute approximate surface area is 153 Å². The van der Waals surface area contributed by atoms with E-state index in [-0.39, 0.29) is 29.1 Å². The molecule has 0 saturated heterocycles. The van der Waals surface area contributed by atoms with Crippen LogP contribution in [0.3, 0.4) is 0 Å². The largest absolute Gasteiger partial charge is 0.461 e. The molecule has 0 bridgehead atoms. The smallest absolute Gasteiger partial charge is 0.333 e. The second kappa shape index (κ2) is 6.46. The maximum atomic E-state index is 13.1. The quantitative estimate of drug-likeness (QED) is 0.648. The second-order valence-electron chi connectivity index (χ2n) is 6.44. The maximum Gasteiger partial charge on any atom is 0.333 e. The zero-order chi connectivity index (χ0) is 19.1. The molecule has 27 heavy (non-hydrogen) atoms. The molecule has 0 fully saturated rings. The molecule has 1 aliphatic rings. The van der Waals surface area contributed by atoms with Crippen LogP contribution in [0, 0.1) is 0 Å². The first-order valence-electron chi connectivity index (χ1n) is 8.78. The number of aryl methyl sites for hydroxylation is 2. The number of fused-ring (bicyclic) bond motifs is 3. The zero-order valence-electron chi connectivity index (χ0n) is 14.7. The van der Waals surface area contributed by atoms with Crippen LogP contribution in [0.25, 0.3) is 11.0 Å². The predicted octanol–water partition coefficient (Wildman–Crippen LogP) is 1.57. The summed E-state index contributed by atoms with van der Waals surface area (Å²) < 4.78 is 7.32. The van der Waals surface area contributed by atoms with E-state index in [0.29, 0.717) is 30.4 Å². The number of carbonyl (C=O) groups excluding carboxylic acids is 2. The lowest BCUT2D eigenvalue weighted by Gasteiger charge is -2.18. The molecule has 0 atom stereocenters. The lowest BCUT2D eigenvalue weighted by molar-refractivity contribution is 0.0939. The van der Waals surface area contributed by atoms with Crippen LogP contribution in [0.2, 0.25) is 0 Å². The number of pyridine rings is 1. The summed E-state index contributed by atoms with van der Waals surface area (Å²) in [5.74, 6) is -0.458. The normalized spacial score (nSPS) is 13.7. The third-order valence-corrected chi connectivity index (χ3v) is 4.89. The van der Waals surface area contributed by atoms with Crippen LogP contribution in [0.15, 0.2) is 38.6 Å². The van der Waals surface area contributed by atoms with E-state index in [4.69, 9.17) is 4.42 Å². The van der Waals surface area contributed by atoms with Crippen molar-refractivity contribution < 1.29 is 14.0 Å². The van der Waals surface area contributed by atoms with E-state index >= 15 is 0 Å². The van der Waals surface area contributed by atoms with Crippen molar-refractivity contribution in [3.8, 4) is 0 Å². The highest BCUT2D eigenvalue weighted by Gasteiger charge is 2.25. The van der Waals surface area contributed by atoms with Gasteiger partial charge in [0, 0.05) is 24.7 Å². The van der Waals surface area contributed by atoms with Gasteiger partial charge < -0.3 is 4.42 Å². The van der Waals surface area contributed by atoms with Crippen molar-refractivity contribution in [2.24, 2.45) is 0 Å². The van der Waals surface area contributed by atoms with Crippen LogP contribution < -0.4 is 11.2 Å². The van der Waals surface area contributed by atoms with Gasteiger partial charge in [0.15, 0.2) is 11.5 Å².